The van der Waals surface area contributed by atoms with Crippen LogP contribution in [0.4, 0.5) is 14.9 Å². The highest BCUT2D eigenvalue weighted by atomic mass is 35.5. The Labute approximate surface area is 183 Å². The van der Waals surface area contributed by atoms with Gasteiger partial charge in [0, 0.05) is 18.0 Å². The third-order valence-corrected chi connectivity index (χ3v) is 7.60. The van der Waals surface area contributed by atoms with Gasteiger partial charge in [-0.25, -0.2) is 21.6 Å². The molecule has 0 spiro atoms. The van der Waals surface area contributed by atoms with E-state index in [0.29, 0.717) is 23.1 Å². The van der Waals surface area contributed by atoms with Crippen molar-refractivity contribution in [1.82, 2.24) is 3.97 Å². The van der Waals surface area contributed by atoms with Gasteiger partial charge in [0.2, 0.25) is 0 Å². The van der Waals surface area contributed by atoms with Gasteiger partial charge in [-0.2, -0.15) is 0 Å². The number of aryl methyl sites for hydroxylation is 2. The van der Waals surface area contributed by atoms with Gasteiger partial charge in [-0.15, -0.1) is 0 Å². The Hall–Kier alpha value is -2.88. The minimum Gasteiger partial charge on any atom is -0.465 e. The van der Waals surface area contributed by atoms with Gasteiger partial charge in [0.15, 0.2) is 0 Å². The molecule has 4 rings (SSSR count). The van der Waals surface area contributed by atoms with Gasteiger partial charge in [0.1, 0.15) is 11.5 Å². The number of aromatic nitrogens is 1. The zero-order valence-corrected chi connectivity index (χ0v) is 18.0. The summed E-state index contributed by atoms with van der Waals surface area (Å²) in [6.45, 7) is 1.70. The molecule has 0 saturated carbocycles. The van der Waals surface area contributed by atoms with E-state index in [1.807, 2.05) is 0 Å². The second kappa shape index (κ2) is 7.37. The Bertz CT molecular complexity index is 1310. The third kappa shape index (κ3) is 3.38. The minimum absolute atomic E-state index is 0.0868. The van der Waals surface area contributed by atoms with Gasteiger partial charge >= 0.3 is 6.09 Å². The third-order valence-electron chi connectivity index (χ3n) is 5.53. The fourth-order valence-electron chi connectivity index (χ4n) is 3.99. The number of hydrogen-bond donors (Lipinski definition) is 2. The standard InChI is InChI=1S/C21H19ClFN3O4S/c1-13-4-2-3-5-19(13)31(29,30)25-11-14-8-9-21(24,16(14)12-25)26(20(27)28)15-6-7-18(23)17(22)10-15/h2-7,10-12H,8-9,24H2,1H3,(H,27,28). The molecule has 1 aliphatic rings. The highest BCUT2D eigenvalue weighted by molar-refractivity contribution is 7.90. The number of halogens is 2. The van der Waals surface area contributed by atoms with Crippen LogP contribution < -0.4 is 10.6 Å². The van der Waals surface area contributed by atoms with E-state index in [2.05, 4.69) is 0 Å². The van der Waals surface area contributed by atoms with Crippen molar-refractivity contribution in [2.75, 3.05) is 4.90 Å². The fourth-order valence-corrected chi connectivity index (χ4v) is 5.62. The number of carboxylic acid groups (broad SMARTS) is 1. The molecule has 3 N–H and O–H groups in total. The van der Waals surface area contributed by atoms with Crippen LogP contribution in [-0.4, -0.2) is 23.6 Å². The first-order chi connectivity index (χ1) is 14.6. The number of amides is 1. The summed E-state index contributed by atoms with van der Waals surface area (Å²) in [6, 6.07) is 10.1. The lowest BCUT2D eigenvalue weighted by atomic mass is 10.0. The van der Waals surface area contributed by atoms with Crippen LogP contribution in [0.5, 0.6) is 0 Å². The molecule has 0 radical (unpaired) electrons. The summed E-state index contributed by atoms with van der Waals surface area (Å²) in [6.07, 6.45) is 2.05. The van der Waals surface area contributed by atoms with E-state index in [9.17, 15) is 22.7 Å². The van der Waals surface area contributed by atoms with E-state index in [-0.39, 0.29) is 22.0 Å². The number of fused-ring (bicyclic) bond motifs is 1. The molecule has 0 saturated heterocycles. The molecule has 7 nitrogen and oxygen atoms in total. The molecule has 31 heavy (non-hydrogen) atoms. The molecule has 0 bridgehead atoms. The van der Waals surface area contributed by atoms with Crippen LogP contribution >= 0.6 is 11.6 Å². The van der Waals surface area contributed by atoms with E-state index in [1.54, 1.807) is 25.1 Å². The molecule has 3 aromatic rings. The number of anilines is 1. The van der Waals surface area contributed by atoms with Crippen LogP contribution in [-0.2, 0) is 22.1 Å². The molecule has 1 atom stereocenters. The van der Waals surface area contributed by atoms with Crippen molar-refractivity contribution in [3.05, 3.63) is 82.4 Å². The number of nitrogens with zero attached hydrogens (tertiary/aromatic N) is 2. The van der Waals surface area contributed by atoms with E-state index >= 15 is 0 Å². The van der Waals surface area contributed by atoms with Gasteiger partial charge in [-0.1, -0.05) is 29.8 Å². The Kier molecular flexibility index (Phi) is 5.07. The Morgan fingerprint density at radius 3 is 2.61 bits per heavy atom. The topological polar surface area (TPSA) is 106 Å². The molecule has 1 aromatic heterocycles. The molecule has 1 aliphatic carbocycles. The monoisotopic (exact) mass is 463 g/mol. The molecule has 0 aliphatic heterocycles. The van der Waals surface area contributed by atoms with Crippen LogP contribution in [0.25, 0.3) is 0 Å². The van der Waals surface area contributed by atoms with Gasteiger partial charge < -0.3 is 10.8 Å². The smallest absolute Gasteiger partial charge is 0.413 e. The lowest BCUT2D eigenvalue weighted by Gasteiger charge is -2.36. The van der Waals surface area contributed by atoms with E-state index in [4.69, 9.17) is 17.3 Å². The summed E-state index contributed by atoms with van der Waals surface area (Å²) in [5.74, 6) is -0.690. The van der Waals surface area contributed by atoms with Crippen molar-refractivity contribution in [3.8, 4) is 0 Å². The van der Waals surface area contributed by atoms with Crippen molar-refractivity contribution < 1.29 is 22.7 Å². The van der Waals surface area contributed by atoms with Crippen molar-refractivity contribution in [2.45, 2.75) is 30.3 Å². The van der Waals surface area contributed by atoms with E-state index in [1.165, 1.54) is 30.6 Å². The average Bonchev–Trinajstić information content (AvgIpc) is 3.27. The van der Waals surface area contributed by atoms with Crippen LogP contribution in [0.2, 0.25) is 5.02 Å². The van der Waals surface area contributed by atoms with E-state index < -0.39 is 27.6 Å². The van der Waals surface area contributed by atoms with Crippen molar-refractivity contribution in [3.63, 3.8) is 0 Å². The van der Waals surface area contributed by atoms with Gasteiger partial charge in [0.05, 0.1) is 15.6 Å². The quantitative estimate of drug-likeness (QED) is 0.567. The largest absolute Gasteiger partial charge is 0.465 e. The maximum absolute atomic E-state index is 13.6. The van der Waals surface area contributed by atoms with Crippen molar-refractivity contribution >= 4 is 33.4 Å². The molecular formula is C21H19ClFN3O4S. The predicted octanol–water partition coefficient (Wildman–Crippen LogP) is 4.07. The molecular weight excluding hydrogens is 445 g/mol. The first-order valence-electron chi connectivity index (χ1n) is 9.35. The number of hydrogen-bond acceptors (Lipinski definition) is 4. The number of nitrogens with two attached hydrogens (primary N) is 1. The summed E-state index contributed by atoms with van der Waals surface area (Å²) in [5, 5.41) is 9.66. The minimum atomic E-state index is -3.90. The van der Waals surface area contributed by atoms with Crippen molar-refractivity contribution in [2.24, 2.45) is 5.73 Å². The SMILES string of the molecule is Cc1ccccc1S(=O)(=O)n1cc2c(c1)C(N)(N(C(=O)O)c1ccc(F)c(Cl)c1)CC2. The van der Waals surface area contributed by atoms with Crippen LogP contribution in [0.15, 0.2) is 59.8 Å². The number of benzene rings is 2. The number of carbonyl (C=O) groups is 1. The molecule has 1 amide bonds. The molecule has 162 valence electrons. The first-order valence-corrected chi connectivity index (χ1v) is 11.2. The normalized spacial score (nSPS) is 18.1. The molecule has 0 fully saturated rings. The second-order valence-corrected chi connectivity index (χ2v) is 9.66. The number of rotatable bonds is 4. The highest BCUT2D eigenvalue weighted by Gasteiger charge is 2.46. The zero-order chi connectivity index (χ0) is 22.6. The van der Waals surface area contributed by atoms with Crippen LogP contribution in [0, 0.1) is 12.7 Å². The fraction of sp³-hybridized carbons (Fsp3) is 0.190. The summed E-state index contributed by atoms with van der Waals surface area (Å²) in [7, 11) is -3.90. The van der Waals surface area contributed by atoms with Gasteiger partial charge in [-0.3, -0.25) is 4.90 Å². The average molecular weight is 464 g/mol. The molecule has 2 aromatic carbocycles. The summed E-state index contributed by atoms with van der Waals surface area (Å²) in [4.78, 5) is 13.2. The second-order valence-electron chi connectivity index (χ2n) is 7.44. The van der Waals surface area contributed by atoms with Crippen LogP contribution in [0.3, 0.4) is 0 Å². The molecule has 1 unspecified atom stereocenters. The van der Waals surface area contributed by atoms with E-state index in [0.717, 1.165) is 14.9 Å². The lowest BCUT2D eigenvalue weighted by molar-refractivity contribution is 0.191. The predicted molar refractivity (Wildman–Crippen MR) is 114 cm³/mol. The zero-order valence-electron chi connectivity index (χ0n) is 16.4. The maximum atomic E-state index is 13.6. The van der Waals surface area contributed by atoms with Gasteiger partial charge in [0.25, 0.3) is 10.0 Å². The molecule has 10 heteroatoms. The Morgan fingerprint density at radius 1 is 1.26 bits per heavy atom. The maximum Gasteiger partial charge on any atom is 0.413 e. The summed E-state index contributed by atoms with van der Waals surface area (Å²) >= 11 is 5.84. The Morgan fingerprint density at radius 2 is 1.97 bits per heavy atom. The summed E-state index contributed by atoms with van der Waals surface area (Å²) in [5.41, 5.74) is 6.68. The van der Waals surface area contributed by atoms with Crippen LogP contribution in [0.1, 0.15) is 23.1 Å². The first kappa shape index (κ1) is 21.4. The van der Waals surface area contributed by atoms with Crippen molar-refractivity contribution in [1.29, 1.82) is 0 Å². The molecule has 1 heterocycles. The van der Waals surface area contributed by atoms with Gasteiger partial charge in [-0.05, 0) is 55.2 Å². The highest BCUT2D eigenvalue weighted by Crippen LogP contribution is 2.42. The summed E-state index contributed by atoms with van der Waals surface area (Å²) < 4.78 is 41.0. The Balaban J connectivity index is 1.82. The lowest BCUT2D eigenvalue weighted by Crippen LogP contribution is -2.54.